The fourth-order valence-electron chi connectivity index (χ4n) is 3.77. The molecule has 1 nitrogen and oxygen atoms in total. The Morgan fingerprint density at radius 1 is 1.00 bits per heavy atom. The van der Waals surface area contributed by atoms with Gasteiger partial charge in [-0.25, -0.2) is 4.39 Å². The second-order valence-corrected chi connectivity index (χ2v) is 6.33. The minimum atomic E-state index is -4.35. The van der Waals surface area contributed by atoms with Gasteiger partial charge in [0.05, 0.1) is 11.6 Å². The number of benzene rings is 2. The monoisotopic (exact) mass is 333 g/mol. The summed E-state index contributed by atoms with van der Waals surface area (Å²) in [7, 11) is 0. The van der Waals surface area contributed by atoms with Crippen LogP contribution in [0.1, 0.15) is 35.1 Å². The molecule has 24 heavy (non-hydrogen) atoms. The normalized spacial score (nSPS) is 25.1. The summed E-state index contributed by atoms with van der Waals surface area (Å²) in [4.78, 5) is 0. The number of nitrogens with one attached hydrogen (secondary N) is 1. The Hall–Kier alpha value is -2.30. The highest BCUT2D eigenvalue weighted by Crippen LogP contribution is 2.50. The largest absolute Gasteiger partial charge is 0.416 e. The number of allylic oxidation sites excluding steroid dienone is 2. The van der Waals surface area contributed by atoms with Crippen molar-refractivity contribution in [2.75, 3.05) is 5.32 Å². The van der Waals surface area contributed by atoms with Gasteiger partial charge in [0.15, 0.2) is 0 Å². The maximum Gasteiger partial charge on any atom is 0.416 e. The Morgan fingerprint density at radius 3 is 2.46 bits per heavy atom. The first kappa shape index (κ1) is 15.2. The molecule has 4 rings (SSSR count). The van der Waals surface area contributed by atoms with E-state index in [0.717, 1.165) is 18.1 Å². The predicted octanol–water partition coefficient (Wildman–Crippen LogP) is 5.67. The third-order valence-electron chi connectivity index (χ3n) is 4.92. The number of hydrogen-bond donors (Lipinski definition) is 1. The van der Waals surface area contributed by atoms with Crippen LogP contribution in [0.5, 0.6) is 0 Å². The minimum Gasteiger partial charge on any atom is -0.378 e. The van der Waals surface area contributed by atoms with Crippen LogP contribution in [0, 0.1) is 11.7 Å². The summed E-state index contributed by atoms with van der Waals surface area (Å²) < 4.78 is 52.2. The van der Waals surface area contributed by atoms with Crippen LogP contribution < -0.4 is 5.32 Å². The van der Waals surface area contributed by atoms with Crippen LogP contribution in [0.4, 0.5) is 23.2 Å². The molecule has 0 amide bonds. The molecule has 5 heteroatoms. The highest BCUT2D eigenvalue weighted by atomic mass is 19.4. The lowest BCUT2D eigenvalue weighted by Gasteiger charge is -2.37. The van der Waals surface area contributed by atoms with Crippen LogP contribution >= 0.6 is 0 Å². The van der Waals surface area contributed by atoms with Crippen LogP contribution in [0.15, 0.2) is 54.6 Å². The minimum absolute atomic E-state index is 0.0464. The first-order valence-corrected chi connectivity index (χ1v) is 7.83. The summed E-state index contributed by atoms with van der Waals surface area (Å²) in [6.45, 7) is 0. The van der Waals surface area contributed by atoms with Crippen molar-refractivity contribution < 1.29 is 17.6 Å². The molecule has 0 fully saturated rings. The van der Waals surface area contributed by atoms with Crippen molar-refractivity contribution in [3.05, 3.63) is 77.1 Å². The molecule has 2 aliphatic rings. The van der Waals surface area contributed by atoms with Crippen LogP contribution in [-0.4, -0.2) is 0 Å². The second-order valence-electron chi connectivity index (χ2n) is 6.33. The molecule has 0 saturated heterocycles. The van der Waals surface area contributed by atoms with Gasteiger partial charge in [-0.1, -0.05) is 24.3 Å². The van der Waals surface area contributed by atoms with Crippen molar-refractivity contribution in [1.82, 2.24) is 0 Å². The third-order valence-corrected chi connectivity index (χ3v) is 4.92. The fourth-order valence-corrected chi connectivity index (χ4v) is 3.77. The average Bonchev–Trinajstić information content (AvgIpc) is 3.03. The molecule has 124 valence electrons. The van der Waals surface area contributed by atoms with Crippen molar-refractivity contribution >= 4 is 5.69 Å². The topological polar surface area (TPSA) is 12.0 Å². The number of alkyl halides is 3. The van der Waals surface area contributed by atoms with E-state index in [4.69, 9.17) is 0 Å². The van der Waals surface area contributed by atoms with E-state index in [9.17, 15) is 17.6 Å². The Labute approximate surface area is 137 Å². The van der Waals surface area contributed by atoms with Gasteiger partial charge in [0.2, 0.25) is 0 Å². The van der Waals surface area contributed by atoms with Crippen molar-refractivity contribution in [1.29, 1.82) is 0 Å². The summed E-state index contributed by atoms with van der Waals surface area (Å²) in [6, 6.07) is 10.1. The van der Waals surface area contributed by atoms with E-state index < -0.39 is 11.7 Å². The fraction of sp³-hybridized carbons (Fsp3) is 0.263. The SMILES string of the molecule is Fc1ccc([C@@H]2Nc3ccc(C(F)(F)F)cc3[C@H]3C=CC[C@H]32)cc1. The van der Waals surface area contributed by atoms with E-state index >= 15 is 0 Å². The van der Waals surface area contributed by atoms with Crippen LogP contribution in [0.25, 0.3) is 0 Å². The molecule has 0 spiro atoms. The van der Waals surface area contributed by atoms with E-state index in [1.165, 1.54) is 24.3 Å². The standard InChI is InChI=1S/C19H15F4N/c20-13-7-4-11(5-8-13)18-15-3-1-2-14(15)16-10-12(19(21,22)23)6-9-17(16)24-18/h1-2,4-10,14-15,18,24H,3H2/t14-,15+,18-/m0/s1. The van der Waals surface area contributed by atoms with E-state index in [-0.39, 0.29) is 23.7 Å². The number of fused-ring (bicyclic) bond motifs is 3. The molecule has 2 aromatic carbocycles. The van der Waals surface area contributed by atoms with Gasteiger partial charge in [0, 0.05) is 11.6 Å². The van der Waals surface area contributed by atoms with Crippen molar-refractivity contribution in [2.45, 2.75) is 24.6 Å². The number of anilines is 1. The quantitative estimate of drug-likeness (QED) is 0.524. The lowest BCUT2D eigenvalue weighted by Crippen LogP contribution is -2.29. The molecule has 0 bridgehead atoms. The Bertz CT molecular complexity index is 792. The molecule has 2 aromatic rings. The maximum absolute atomic E-state index is 13.2. The zero-order valence-corrected chi connectivity index (χ0v) is 12.6. The summed E-state index contributed by atoms with van der Waals surface area (Å²) in [6.07, 6.45) is 0.444. The van der Waals surface area contributed by atoms with E-state index in [2.05, 4.69) is 5.32 Å². The molecule has 3 atom stereocenters. The van der Waals surface area contributed by atoms with Gasteiger partial charge < -0.3 is 5.32 Å². The molecule has 1 N–H and O–H groups in total. The van der Waals surface area contributed by atoms with E-state index in [1.54, 1.807) is 12.1 Å². The summed E-state index contributed by atoms with van der Waals surface area (Å²) in [5.74, 6) is -0.226. The third kappa shape index (κ3) is 2.48. The van der Waals surface area contributed by atoms with E-state index in [1.807, 2.05) is 12.2 Å². The molecule has 1 aliphatic carbocycles. The van der Waals surface area contributed by atoms with Crippen molar-refractivity contribution in [3.63, 3.8) is 0 Å². The molecular weight excluding hydrogens is 318 g/mol. The molecule has 1 aliphatic heterocycles. The van der Waals surface area contributed by atoms with Gasteiger partial charge in [0.25, 0.3) is 0 Å². The van der Waals surface area contributed by atoms with Crippen molar-refractivity contribution in [3.8, 4) is 0 Å². The summed E-state index contributed by atoms with van der Waals surface area (Å²) in [5.41, 5.74) is 1.72. The molecule has 0 saturated carbocycles. The highest BCUT2D eigenvalue weighted by molar-refractivity contribution is 5.61. The van der Waals surface area contributed by atoms with E-state index in [0.29, 0.717) is 11.3 Å². The summed E-state index contributed by atoms with van der Waals surface area (Å²) in [5, 5.41) is 3.35. The van der Waals surface area contributed by atoms with Gasteiger partial charge in [0.1, 0.15) is 5.82 Å². The van der Waals surface area contributed by atoms with Gasteiger partial charge in [-0.05, 0) is 53.8 Å². The zero-order chi connectivity index (χ0) is 16.9. The lowest BCUT2D eigenvalue weighted by molar-refractivity contribution is -0.137. The van der Waals surface area contributed by atoms with Crippen LogP contribution in [0.2, 0.25) is 0 Å². The lowest BCUT2D eigenvalue weighted by atomic mass is 9.76. The number of hydrogen-bond acceptors (Lipinski definition) is 1. The number of halogens is 4. The van der Waals surface area contributed by atoms with Crippen molar-refractivity contribution in [2.24, 2.45) is 5.92 Å². The molecule has 0 radical (unpaired) electrons. The first-order valence-electron chi connectivity index (χ1n) is 7.83. The van der Waals surface area contributed by atoms with Crippen LogP contribution in [0.3, 0.4) is 0 Å². The number of rotatable bonds is 1. The van der Waals surface area contributed by atoms with Gasteiger partial charge in [-0.3, -0.25) is 0 Å². The molecule has 1 heterocycles. The molecule has 0 unspecified atom stereocenters. The van der Waals surface area contributed by atoms with Gasteiger partial charge >= 0.3 is 6.18 Å². The van der Waals surface area contributed by atoms with Crippen LogP contribution in [-0.2, 0) is 6.18 Å². The average molecular weight is 333 g/mol. The maximum atomic E-state index is 13.2. The molecule has 0 aromatic heterocycles. The highest BCUT2D eigenvalue weighted by Gasteiger charge is 2.39. The molecular formula is C19H15F4N. The predicted molar refractivity (Wildman–Crippen MR) is 84.2 cm³/mol. The first-order chi connectivity index (χ1) is 11.4. The second kappa shape index (κ2) is 5.36. The Kier molecular flexibility index (Phi) is 3.41. The summed E-state index contributed by atoms with van der Waals surface area (Å²) >= 11 is 0. The zero-order valence-electron chi connectivity index (χ0n) is 12.6. The smallest absolute Gasteiger partial charge is 0.378 e. The Morgan fingerprint density at radius 2 is 1.75 bits per heavy atom. The van der Waals surface area contributed by atoms with Gasteiger partial charge in [-0.2, -0.15) is 13.2 Å². The van der Waals surface area contributed by atoms with Gasteiger partial charge in [-0.15, -0.1) is 0 Å². The Balaban J connectivity index is 1.76.